The number of carbonyl (C=O) groups excluding carboxylic acids is 1. The molecule has 0 aliphatic carbocycles. The molecular formula is C22H30N4O4S. The number of amides is 1. The maximum atomic E-state index is 13.0. The van der Waals surface area contributed by atoms with Gasteiger partial charge in [0.1, 0.15) is 10.6 Å². The lowest BCUT2D eigenvalue weighted by Gasteiger charge is -2.35. The average molecular weight is 447 g/mol. The lowest BCUT2D eigenvalue weighted by molar-refractivity contribution is 0.0172. The predicted octanol–water partition coefficient (Wildman–Crippen LogP) is 1.91. The molecule has 1 aromatic heterocycles. The van der Waals surface area contributed by atoms with E-state index in [0.717, 1.165) is 50.1 Å². The third-order valence-corrected chi connectivity index (χ3v) is 7.37. The Bertz CT molecular complexity index is 1010. The highest BCUT2D eigenvalue weighted by molar-refractivity contribution is 7.89. The first-order chi connectivity index (χ1) is 14.9. The van der Waals surface area contributed by atoms with E-state index in [1.54, 1.807) is 4.90 Å². The van der Waals surface area contributed by atoms with Gasteiger partial charge in [-0.05, 0) is 31.4 Å². The van der Waals surface area contributed by atoms with Crippen LogP contribution in [0.5, 0.6) is 0 Å². The Balaban J connectivity index is 1.49. The number of ether oxygens (including phenoxy) is 1. The summed E-state index contributed by atoms with van der Waals surface area (Å²) in [5.74, 6) is -0.148. The van der Waals surface area contributed by atoms with Crippen LogP contribution >= 0.6 is 0 Å². The minimum Gasteiger partial charge on any atom is -0.379 e. The summed E-state index contributed by atoms with van der Waals surface area (Å²) in [6, 6.07) is 9.49. The molecule has 2 saturated heterocycles. The van der Waals surface area contributed by atoms with E-state index in [2.05, 4.69) is 20.7 Å². The zero-order chi connectivity index (χ0) is 21.8. The summed E-state index contributed by atoms with van der Waals surface area (Å²) in [5, 5.41) is 0. The molecule has 2 fully saturated rings. The van der Waals surface area contributed by atoms with E-state index in [4.69, 9.17) is 4.74 Å². The van der Waals surface area contributed by atoms with Crippen LogP contribution in [0.2, 0.25) is 0 Å². The molecule has 1 aromatic carbocycles. The number of sulfonamides is 1. The van der Waals surface area contributed by atoms with E-state index in [1.165, 1.54) is 12.3 Å². The fourth-order valence-corrected chi connectivity index (χ4v) is 5.27. The molecule has 8 nitrogen and oxygen atoms in total. The number of nitrogens with one attached hydrogen (secondary N) is 2. The van der Waals surface area contributed by atoms with Gasteiger partial charge in [0.25, 0.3) is 5.91 Å². The molecule has 0 saturated carbocycles. The van der Waals surface area contributed by atoms with E-state index in [-0.39, 0.29) is 23.4 Å². The third kappa shape index (κ3) is 5.17. The third-order valence-electron chi connectivity index (χ3n) is 5.97. The van der Waals surface area contributed by atoms with Crippen LogP contribution in [0.3, 0.4) is 0 Å². The summed E-state index contributed by atoms with van der Waals surface area (Å²) in [5.41, 5.74) is 2.52. The van der Waals surface area contributed by atoms with Crippen molar-refractivity contribution in [1.29, 1.82) is 0 Å². The molecule has 9 heteroatoms. The normalized spacial score (nSPS) is 18.9. The Kier molecular flexibility index (Phi) is 6.76. The monoisotopic (exact) mass is 446 g/mol. The van der Waals surface area contributed by atoms with Crippen molar-refractivity contribution in [3.05, 3.63) is 53.3 Å². The number of carbonyl (C=O) groups is 1. The first-order valence-corrected chi connectivity index (χ1v) is 12.3. The summed E-state index contributed by atoms with van der Waals surface area (Å²) >= 11 is 0. The van der Waals surface area contributed by atoms with Gasteiger partial charge in [0.2, 0.25) is 10.0 Å². The number of aryl methyl sites for hydroxylation is 1. The molecule has 168 valence electrons. The van der Waals surface area contributed by atoms with E-state index >= 15 is 0 Å². The zero-order valence-electron chi connectivity index (χ0n) is 17.8. The smallest absolute Gasteiger partial charge is 0.270 e. The number of aromatic nitrogens is 1. The van der Waals surface area contributed by atoms with Crippen LogP contribution in [0.15, 0.2) is 41.4 Å². The minimum atomic E-state index is -3.76. The Labute approximate surface area is 183 Å². The van der Waals surface area contributed by atoms with Gasteiger partial charge in [-0.2, -0.15) is 0 Å². The Morgan fingerprint density at radius 3 is 2.61 bits per heavy atom. The molecule has 3 heterocycles. The number of hydrogen-bond donors (Lipinski definition) is 2. The van der Waals surface area contributed by atoms with Gasteiger partial charge in [0, 0.05) is 45.0 Å². The van der Waals surface area contributed by atoms with Crippen molar-refractivity contribution in [3.8, 4) is 0 Å². The molecule has 0 bridgehead atoms. The van der Waals surface area contributed by atoms with Crippen molar-refractivity contribution in [2.75, 3.05) is 45.9 Å². The van der Waals surface area contributed by atoms with E-state index < -0.39 is 10.0 Å². The van der Waals surface area contributed by atoms with Gasteiger partial charge in [0.05, 0.1) is 13.2 Å². The molecule has 1 atom stereocenters. The van der Waals surface area contributed by atoms with E-state index in [9.17, 15) is 13.2 Å². The molecule has 0 spiro atoms. The van der Waals surface area contributed by atoms with Crippen molar-refractivity contribution in [3.63, 3.8) is 0 Å². The molecule has 31 heavy (non-hydrogen) atoms. The molecule has 2 aromatic rings. The quantitative estimate of drug-likeness (QED) is 0.678. The second-order valence-corrected chi connectivity index (χ2v) is 9.95. The Morgan fingerprint density at radius 2 is 1.90 bits per heavy atom. The van der Waals surface area contributed by atoms with Crippen LogP contribution in [-0.4, -0.2) is 75.0 Å². The fraction of sp³-hybridized carbons (Fsp3) is 0.500. The maximum Gasteiger partial charge on any atom is 0.270 e. The summed E-state index contributed by atoms with van der Waals surface area (Å²) in [6.45, 7) is 6.47. The molecule has 2 N–H and O–H groups in total. The van der Waals surface area contributed by atoms with E-state index in [1.807, 2.05) is 25.1 Å². The minimum absolute atomic E-state index is 0.0833. The second-order valence-electron chi connectivity index (χ2n) is 8.18. The van der Waals surface area contributed by atoms with Gasteiger partial charge in [0.15, 0.2) is 0 Å². The number of hydrogen-bond acceptors (Lipinski definition) is 5. The first kappa shape index (κ1) is 22.0. The predicted molar refractivity (Wildman–Crippen MR) is 117 cm³/mol. The number of morpholine rings is 1. The number of likely N-dealkylation sites (tertiary alicyclic amines) is 1. The van der Waals surface area contributed by atoms with Crippen LogP contribution in [0.1, 0.15) is 40.5 Å². The summed E-state index contributed by atoms with van der Waals surface area (Å²) < 4.78 is 34.2. The summed E-state index contributed by atoms with van der Waals surface area (Å²) in [4.78, 5) is 19.5. The number of nitrogens with zero attached hydrogens (tertiary/aromatic N) is 2. The molecule has 2 aliphatic rings. The number of rotatable bonds is 7. The van der Waals surface area contributed by atoms with Crippen molar-refractivity contribution >= 4 is 15.9 Å². The highest BCUT2D eigenvalue weighted by Crippen LogP contribution is 2.23. The average Bonchev–Trinajstić information content (AvgIpc) is 3.47. The van der Waals surface area contributed by atoms with Crippen LogP contribution < -0.4 is 4.72 Å². The highest BCUT2D eigenvalue weighted by Gasteiger charge is 2.27. The van der Waals surface area contributed by atoms with Gasteiger partial charge in [-0.1, -0.05) is 29.8 Å². The maximum absolute atomic E-state index is 13.0. The van der Waals surface area contributed by atoms with Crippen molar-refractivity contribution < 1.29 is 17.9 Å². The zero-order valence-corrected chi connectivity index (χ0v) is 18.7. The topological polar surface area (TPSA) is 94.7 Å². The van der Waals surface area contributed by atoms with Crippen LogP contribution in [0.25, 0.3) is 0 Å². The van der Waals surface area contributed by atoms with Crippen LogP contribution in [-0.2, 0) is 14.8 Å². The van der Waals surface area contributed by atoms with Gasteiger partial charge in [-0.3, -0.25) is 9.69 Å². The van der Waals surface area contributed by atoms with Gasteiger partial charge in [-0.25, -0.2) is 13.1 Å². The van der Waals surface area contributed by atoms with Crippen molar-refractivity contribution in [2.24, 2.45) is 0 Å². The molecular weight excluding hydrogens is 416 g/mol. The lowest BCUT2D eigenvalue weighted by atomic mass is 10.0. The molecule has 1 unspecified atom stereocenters. The number of benzene rings is 1. The number of aromatic amines is 1. The van der Waals surface area contributed by atoms with Crippen molar-refractivity contribution in [1.82, 2.24) is 19.5 Å². The van der Waals surface area contributed by atoms with Gasteiger partial charge >= 0.3 is 0 Å². The van der Waals surface area contributed by atoms with Crippen molar-refractivity contribution in [2.45, 2.75) is 30.7 Å². The molecule has 0 radical (unpaired) electrons. The Hall–Kier alpha value is -2.20. The molecule has 1 amide bonds. The van der Waals surface area contributed by atoms with E-state index in [0.29, 0.717) is 18.9 Å². The van der Waals surface area contributed by atoms with Gasteiger partial charge in [-0.15, -0.1) is 0 Å². The fourth-order valence-electron chi connectivity index (χ4n) is 4.24. The summed E-state index contributed by atoms with van der Waals surface area (Å²) in [7, 11) is -3.76. The molecule has 2 aliphatic heterocycles. The number of H-pyrrole nitrogens is 1. The first-order valence-electron chi connectivity index (χ1n) is 10.8. The Morgan fingerprint density at radius 1 is 1.16 bits per heavy atom. The highest BCUT2D eigenvalue weighted by atomic mass is 32.2. The second kappa shape index (κ2) is 9.52. The largest absolute Gasteiger partial charge is 0.379 e. The standard InChI is InChI=1S/C22H30N4O4S/c1-17-5-4-6-18(13-17)21(25-9-11-30-12-10-25)16-24-31(28,29)19-14-20(23-15-19)22(27)26-7-2-3-8-26/h4-6,13-15,21,23-24H,2-3,7-12,16H2,1H3. The van der Waals surface area contributed by atoms with Gasteiger partial charge < -0.3 is 14.6 Å². The summed E-state index contributed by atoms with van der Waals surface area (Å²) in [6.07, 6.45) is 3.37. The molecule has 4 rings (SSSR count). The SMILES string of the molecule is Cc1cccc(C(CNS(=O)(=O)c2c[nH]c(C(=O)N3CCCC3)c2)N2CCOCC2)c1. The van der Waals surface area contributed by atoms with Crippen LogP contribution in [0, 0.1) is 6.92 Å². The van der Waals surface area contributed by atoms with Crippen LogP contribution in [0.4, 0.5) is 0 Å². The lowest BCUT2D eigenvalue weighted by Crippen LogP contribution is -2.43.